The summed E-state index contributed by atoms with van der Waals surface area (Å²) in [6, 6.07) is 5.81. The number of fused-ring (bicyclic) bond motifs is 1. The third kappa shape index (κ3) is 5.55. The SMILES string of the molecule is Nc1ccc(OC(F)(F)F)c(Nc2ncc3c(F)cc(/C=C/S(N)(=O)=O)cc3n2)c1. The first-order valence-corrected chi connectivity index (χ1v) is 9.60. The number of rotatable bonds is 5. The first-order chi connectivity index (χ1) is 13.9. The molecule has 13 heteroatoms. The van der Waals surface area contributed by atoms with Crippen LogP contribution >= 0.6 is 0 Å². The number of nitrogens with zero attached hydrogens (tertiary/aromatic N) is 2. The Kier molecular flexibility index (Phi) is 5.50. The summed E-state index contributed by atoms with van der Waals surface area (Å²) in [6.07, 6.45) is -2.76. The van der Waals surface area contributed by atoms with Crippen molar-refractivity contribution >= 4 is 44.3 Å². The Balaban J connectivity index is 2.00. The first kappa shape index (κ1) is 21.3. The maximum Gasteiger partial charge on any atom is 0.573 e. The number of hydrogen-bond donors (Lipinski definition) is 3. The van der Waals surface area contributed by atoms with Crippen LogP contribution in [0.15, 0.2) is 41.9 Å². The van der Waals surface area contributed by atoms with Gasteiger partial charge in [-0.05, 0) is 42.0 Å². The third-order valence-electron chi connectivity index (χ3n) is 3.60. The van der Waals surface area contributed by atoms with Gasteiger partial charge in [-0.3, -0.25) is 0 Å². The average Bonchev–Trinajstić information content (AvgIpc) is 2.60. The molecule has 0 spiro atoms. The highest BCUT2D eigenvalue weighted by Crippen LogP contribution is 2.33. The lowest BCUT2D eigenvalue weighted by molar-refractivity contribution is -0.274. The molecule has 0 unspecified atom stereocenters. The summed E-state index contributed by atoms with van der Waals surface area (Å²) in [6.45, 7) is 0. The van der Waals surface area contributed by atoms with E-state index in [-0.39, 0.29) is 33.8 Å². The number of sulfonamides is 1. The van der Waals surface area contributed by atoms with Gasteiger partial charge in [0.15, 0.2) is 5.75 Å². The highest BCUT2D eigenvalue weighted by Gasteiger charge is 2.32. The van der Waals surface area contributed by atoms with E-state index in [1.54, 1.807) is 0 Å². The van der Waals surface area contributed by atoms with Crippen LogP contribution in [-0.2, 0) is 10.0 Å². The van der Waals surface area contributed by atoms with Crippen molar-refractivity contribution in [3.05, 3.63) is 53.3 Å². The zero-order chi connectivity index (χ0) is 22.1. The lowest BCUT2D eigenvalue weighted by Gasteiger charge is -2.14. The second-order valence-corrected chi connectivity index (χ2v) is 7.40. The van der Waals surface area contributed by atoms with E-state index in [1.165, 1.54) is 18.2 Å². The monoisotopic (exact) mass is 443 g/mol. The molecular formula is C17H13F4N5O3S. The Labute approximate surface area is 167 Å². The minimum atomic E-state index is -4.94. The Morgan fingerprint density at radius 2 is 1.90 bits per heavy atom. The molecule has 0 amide bonds. The van der Waals surface area contributed by atoms with Crippen LogP contribution in [-0.4, -0.2) is 24.7 Å². The number of primary sulfonamides is 1. The second kappa shape index (κ2) is 7.76. The summed E-state index contributed by atoms with van der Waals surface area (Å²) in [4.78, 5) is 7.92. The van der Waals surface area contributed by atoms with Crippen molar-refractivity contribution in [3.8, 4) is 5.75 Å². The number of ether oxygens (including phenoxy) is 1. The number of nitrogens with one attached hydrogen (secondary N) is 1. The average molecular weight is 443 g/mol. The van der Waals surface area contributed by atoms with Crippen molar-refractivity contribution in [3.63, 3.8) is 0 Å². The van der Waals surface area contributed by atoms with Gasteiger partial charge in [-0.1, -0.05) is 0 Å². The Morgan fingerprint density at radius 1 is 1.17 bits per heavy atom. The first-order valence-electron chi connectivity index (χ1n) is 7.99. The highest BCUT2D eigenvalue weighted by molar-refractivity contribution is 7.92. The van der Waals surface area contributed by atoms with Gasteiger partial charge in [0, 0.05) is 17.3 Å². The van der Waals surface area contributed by atoms with E-state index in [1.807, 2.05) is 0 Å². The molecule has 158 valence electrons. The van der Waals surface area contributed by atoms with Gasteiger partial charge in [0.2, 0.25) is 16.0 Å². The van der Waals surface area contributed by atoms with Gasteiger partial charge in [-0.15, -0.1) is 13.2 Å². The van der Waals surface area contributed by atoms with Crippen molar-refractivity contribution in [1.82, 2.24) is 9.97 Å². The molecule has 8 nitrogen and oxygen atoms in total. The number of alkyl halides is 3. The van der Waals surface area contributed by atoms with Crippen LogP contribution in [0.4, 0.5) is 34.9 Å². The minimum absolute atomic E-state index is 0.00708. The second-order valence-electron chi connectivity index (χ2n) is 5.95. The van der Waals surface area contributed by atoms with Crippen molar-refractivity contribution in [1.29, 1.82) is 0 Å². The van der Waals surface area contributed by atoms with Gasteiger partial charge in [-0.25, -0.2) is 27.9 Å². The van der Waals surface area contributed by atoms with Gasteiger partial charge >= 0.3 is 6.36 Å². The minimum Gasteiger partial charge on any atom is -0.404 e. The summed E-state index contributed by atoms with van der Waals surface area (Å²) in [7, 11) is -3.93. The van der Waals surface area contributed by atoms with E-state index in [4.69, 9.17) is 10.9 Å². The fourth-order valence-electron chi connectivity index (χ4n) is 2.42. The molecule has 0 aliphatic rings. The molecule has 1 heterocycles. The van der Waals surface area contributed by atoms with Crippen LogP contribution in [0.25, 0.3) is 17.0 Å². The maximum absolute atomic E-state index is 14.3. The van der Waals surface area contributed by atoms with E-state index in [0.717, 1.165) is 24.4 Å². The Morgan fingerprint density at radius 3 is 2.57 bits per heavy atom. The van der Waals surface area contributed by atoms with E-state index >= 15 is 0 Å². The molecular weight excluding hydrogens is 430 g/mol. The molecule has 0 aliphatic heterocycles. The molecule has 1 aromatic heterocycles. The van der Waals surface area contributed by atoms with E-state index < -0.39 is 28.0 Å². The fraction of sp³-hybridized carbons (Fsp3) is 0.0588. The number of aromatic nitrogens is 2. The lowest BCUT2D eigenvalue weighted by Crippen LogP contribution is -2.18. The summed E-state index contributed by atoms with van der Waals surface area (Å²) in [5.74, 6) is -1.48. The van der Waals surface area contributed by atoms with Gasteiger partial charge in [0.05, 0.1) is 16.6 Å². The largest absolute Gasteiger partial charge is 0.573 e. The maximum atomic E-state index is 14.3. The number of anilines is 3. The zero-order valence-corrected chi connectivity index (χ0v) is 15.6. The molecule has 0 atom stereocenters. The number of nitrogen functional groups attached to an aromatic ring is 1. The summed E-state index contributed by atoms with van der Waals surface area (Å²) < 4.78 is 78.1. The van der Waals surface area contributed by atoms with Gasteiger partial charge in [0.25, 0.3) is 0 Å². The Bertz CT molecular complexity index is 1250. The number of hydrogen-bond acceptors (Lipinski definition) is 7. The van der Waals surface area contributed by atoms with Gasteiger partial charge in [0.1, 0.15) is 5.82 Å². The molecule has 0 fully saturated rings. The van der Waals surface area contributed by atoms with Gasteiger partial charge in [-0.2, -0.15) is 0 Å². The van der Waals surface area contributed by atoms with Crippen LogP contribution in [0.1, 0.15) is 5.56 Å². The van der Waals surface area contributed by atoms with Crippen LogP contribution in [0.3, 0.4) is 0 Å². The molecule has 3 aromatic rings. The number of nitrogens with two attached hydrogens (primary N) is 2. The molecule has 0 radical (unpaired) electrons. The lowest BCUT2D eigenvalue weighted by atomic mass is 10.1. The Hall–Kier alpha value is -3.45. The van der Waals surface area contributed by atoms with Gasteiger partial charge < -0.3 is 15.8 Å². The van der Waals surface area contributed by atoms with Crippen molar-refractivity contribution in [2.24, 2.45) is 5.14 Å². The van der Waals surface area contributed by atoms with E-state index in [0.29, 0.717) is 5.41 Å². The summed E-state index contributed by atoms with van der Waals surface area (Å²) in [5, 5.41) is 8.10. The molecule has 3 rings (SSSR count). The van der Waals surface area contributed by atoms with E-state index in [2.05, 4.69) is 20.0 Å². The fourth-order valence-corrected chi connectivity index (χ4v) is 2.77. The van der Waals surface area contributed by atoms with Crippen LogP contribution in [0.5, 0.6) is 5.75 Å². The highest BCUT2D eigenvalue weighted by atomic mass is 32.2. The van der Waals surface area contributed by atoms with Crippen LogP contribution < -0.4 is 20.9 Å². The molecule has 2 aromatic carbocycles. The number of benzene rings is 2. The predicted octanol–water partition coefficient (Wildman–Crippen LogP) is 3.25. The van der Waals surface area contributed by atoms with Crippen molar-refractivity contribution < 1.29 is 30.7 Å². The smallest absolute Gasteiger partial charge is 0.404 e. The zero-order valence-electron chi connectivity index (χ0n) is 14.8. The molecule has 5 N–H and O–H groups in total. The topological polar surface area (TPSA) is 133 Å². The quantitative estimate of drug-likeness (QED) is 0.407. The third-order valence-corrected chi connectivity index (χ3v) is 4.11. The number of halogens is 4. The molecule has 0 bridgehead atoms. The molecule has 30 heavy (non-hydrogen) atoms. The van der Waals surface area contributed by atoms with Crippen molar-refractivity contribution in [2.45, 2.75) is 6.36 Å². The summed E-state index contributed by atoms with van der Waals surface area (Å²) in [5.41, 5.74) is 5.79. The normalized spacial score (nSPS) is 12.4. The predicted molar refractivity (Wildman–Crippen MR) is 102 cm³/mol. The summed E-state index contributed by atoms with van der Waals surface area (Å²) >= 11 is 0. The van der Waals surface area contributed by atoms with E-state index in [9.17, 15) is 26.0 Å². The van der Waals surface area contributed by atoms with Crippen LogP contribution in [0.2, 0.25) is 0 Å². The standard InChI is InChI=1S/C17H13F4N5O3S/c18-12-5-9(3-4-30(23,27)28)6-13-11(12)8-24-16(25-13)26-14-7-10(22)1-2-15(14)29-17(19,20)21/h1-8H,22H2,(H2,23,27,28)(H,24,25,26)/b4-3+. The molecule has 0 saturated heterocycles. The molecule has 0 aliphatic carbocycles. The van der Waals surface area contributed by atoms with Crippen molar-refractivity contribution in [2.75, 3.05) is 11.1 Å². The van der Waals surface area contributed by atoms with Crippen LogP contribution in [0, 0.1) is 5.82 Å². The molecule has 0 saturated carbocycles.